The van der Waals surface area contributed by atoms with Crippen molar-refractivity contribution < 1.29 is 14.0 Å². The summed E-state index contributed by atoms with van der Waals surface area (Å²) in [7, 11) is 0. The number of anilines is 2. The van der Waals surface area contributed by atoms with Gasteiger partial charge in [0.25, 0.3) is 5.91 Å². The predicted molar refractivity (Wildman–Crippen MR) is 125 cm³/mol. The Kier molecular flexibility index (Phi) is 6.71. The van der Waals surface area contributed by atoms with E-state index in [9.17, 15) is 14.0 Å². The van der Waals surface area contributed by atoms with Crippen LogP contribution in [0.1, 0.15) is 15.9 Å². The van der Waals surface area contributed by atoms with E-state index in [1.165, 1.54) is 12.1 Å². The summed E-state index contributed by atoms with van der Waals surface area (Å²) < 4.78 is 13.0. The number of carbonyl (C=O) groups excluding carboxylic acids is 2. The Bertz CT molecular complexity index is 1090. The van der Waals surface area contributed by atoms with E-state index in [-0.39, 0.29) is 24.1 Å². The molecule has 1 aliphatic rings. The normalized spacial score (nSPS) is 13.7. The largest absolute Gasteiger partial charge is 0.368 e. The summed E-state index contributed by atoms with van der Waals surface area (Å²) in [4.78, 5) is 29.0. The molecular weight excluding hydrogens is 429 g/mol. The van der Waals surface area contributed by atoms with Gasteiger partial charge < -0.3 is 15.1 Å². The third-order valence-electron chi connectivity index (χ3n) is 5.48. The molecule has 1 N–H and O–H groups in total. The van der Waals surface area contributed by atoms with Crippen LogP contribution in [-0.4, -0.2) is 42.9 Å². The molecule has 1 fully saturated rings. The van der Waals surface area contributed by atoms with Gasteiger partial charge in [0.2, 0.25) is 5.91 Å². The van der Waals surface area contributed by atoms with Crippen LogP contribution in [0.4, 0.5) is 15.8 Å². The summed E-state index contributed by atoms with van der Waals surface area (Å²) in [5, 5.41) is 3.39. The Morgan fingerprint density at radius 2 is 1.59 bits per heavy atom. The first-order valence-electron chi connectivity index (χ1n) is 10.4. The molecule has 0 saturated carbocycles. The minimum atomic E-state index is -0.301. The van der Waals surface area contributed by atoms with Crippen molar-refractivity contribution in [1.82, 2.24) is 4.90 Å². The molecule has 5 nitrogen and oxygen atoms in total. The Balaban J connectivity index is 1.29. The minimum absolute atomic E-state index is 0.0512. The standard InChI is InChI=1S/C25H23ClFN3O2/c26-20-3-1-2-19(17-20)25(32)28-22-8-10-23(11-9-22)29-12-14-30(15-13-29)24(31)16-18-4-6-21(27)7-5-18/h1-11,17H,12-16H2,(H,28,32). The van der Waals surface area contributed by atoms with Crippen molar-refractivity contribution in [2.75, 3.05) is 36.4 Å². The van der Waals surface area contributed by atoms with Crippen LogP contribution in [0.3, 0.4) is 0 Å². The second kappa shape index (κ2) is 9.83. The van der Waals surface area contributed by atoms with E-state index in [1.807, 2.05) is 29.2 Å². The molecular formula is C25H23ClFN3O2. The molecule has 1 saturated heterocycles. The summed E-state index contributed by atoms with van der Waals surface area (Å²) in [6.07, 6.45) is 0.279. The van der Waals surface area contributed by atoms with Gasteiger partial charge in [-0.25, -0.2) is 4.39 Å². The minimum Gasteiger partial charge on any atom is -0.368 e. The highest BCUT2D eigenvalue weighted by Gasteiger charge is 2.21. The first-order valence-corrected chi connectivity index (χ1v) is 10.8. The number of amides is 2. The second-order valence-corrected chi connectivity index (χ2v) is 8.12. The summed E-state index contributed by atoms with van der Waals surface area (Å²) in [5.41, 5.74) is 3.06. The van der Waals surface area contributed by atoms with Gasteiger partial charge in [0.15, 0.2) is 0 Å². The highest BCUT2D eigenvalue weighted by Crippen LogP contribution is 2.21. The number of hydrogen-bond donors (Lipinski definition) is 1. The van der Waals surface area contributed by atoms with Crippen molar-refractivity contribution in [2.45, 2.75) is 6.42 Å². The molecule has 0 aliphatic carbocycles. The van der Waals surface area contributed by atoms with Crippen LogP contribution in [0.25, 0.3) is 0 Å². The van der Waals surface area contributed by atoms with Gasteiger partial charge in [-0.15, -0.1) is 0 Å². The average Bonchev–Trinajstić information content (AvgIpc) is 2.81. The Hall–Kier alpha value is -3.38. The van der Waals surface area contributed by atoms with E-state index in [0.29, 0.717) is 29.4 Å². The molecule has 2 amide bonds. The predicted octanol–water partition coefficient (Wildman–Crippen LogP) is 4.62. The smallest absolute Gasteiger partial charge is 0.255 e. The van der Waals surface area contributed by atoms with Gasteiger partial charge in [-0.1, -0.05) is 29.8 Å². The van der Waals surface area contributed by atoms with Crippen molar-refractivity contribution in [3.8, 4) is 0 Å². The molecule has 1 aliphatic heterocycles. The van der Waals surface area contributed by atoms with Gasteiger partial charge in [-0.05, 0) is 60.2 Å². The van der Waals surface area contributed by atoms with Gasteiger partial charge in [-0.2, -0.15) is 0 Å². The van der Waals surface area contributed by atoms with Crippen LogP contribution in [0, 0.1) is 5.82 Å². The Labute approximate surface area is 191 Å². The van der Waals surface area contributed by atoms with Crippen molar-refractivity contribution in [3.05, 3.63) is 94.8 Å². The van der Waals surface area contributed by atoms with Gasteiger partial charge >= 0.3 is 0 Å². The molecule has 0 aromatic heterocycles. The molecule has 3 aromatic carbocycles. The lowest BCUT2D eigenvalue weighted by atomic mass is 10.1. The van der Waals surface area contributed by atoms with Crippen molar-refractivity contribution in [2.24, 2.45) is 0 Å². The Morgan fingerprint density at radius 1 is 0.906 bits per heavy atom. The molecule has 0 unspecified atom stereocenters. The molecule has 0 spiro atoms. The molecule has 7 heteroatoms. The number of hydrogen-bond acceptors (Lipinski definition) is 3. The summed E-state index contributed by atoms with van der Waals surface area (Å²) in [5.74, 6) is -0.464. The lowest BCUT2D eigenvalue weighted by Gasteiger charge is -2.36. The fraction of sp³-hybridized carbons (Fsp3) is 0.200. The zero-order valence-corrected chi connectivity index (χ0v) is 18.2. The van der Waals surface area contributed by atoms with Crippen LogP contribution in [0.2, 0.25) is 5.02 Å². The molecule has 0 bridgehead atoms. The lowest BCUT2D eigenvalue weighted by Crippen LogP contribution is -2.49. The molecule has 0 radical (unpaired) electrons. The van der Waals surface area contributed by atoms with E-state index < -0.39 is 0 Å². The maximum Gasteiger partial charge on any atom is 0.255 e. The number of halogens is 2. The average molecular weight is 452 g/mol. The van der Waals surface area contributed by atoms with Gasteiger partial charge in [0.1, 0.15) is 5.82 Å². The maximum atomic E-state index is 13.0. The zero-order valence-electron chi connectivity index (χ0n) is 17.4. The monoisotopic (exact) mass is 451 g/mol. The second-order valence-electron chi connectivity index (χ2n) is 7.68. The SMILES string of the molecule is O=C(Nc1ccc(N2CCN(C(=O)Cc3ccc(F)cc3)CC2)cc1)c1cccc(Cl)c1. The van der Waals surface area contributed by atoms with Crippen molar-refractivity contribution >= 4 is 34.8 Å². The van der Waals surface area contributed by atoms with Crippen molar-refractivity contribution in [1.29, 1.82) is 0 Å². The van der Waals surface area contributed by atoms with Crippen LogP contribution in [-0.2, 0) is 11.2 Å². The Morgan fingerprint density at radius 3 is 2.25 bits per heavy atom. The molecule has 3 aromatic rings. The van der Waals surface area contributed by atoms with E-state index in [4.69, 9.17) is 11.6 Å². The van der Waals surface area contributed by atoms with Crippen LogP contribution in [0.5, 0.6) is 0 Å². The highest BCUT2D eigenvalue weighted by molar-refractivity contribution is 6.31. The quantitative estimate of drug-likeness (QED) is 0.615. The number of piperazine rings is 1. The van der Waals surface area contributed by atoms with Gasteiger partial charge in [-0.3, -0.25) is 9.59 Å². The summed E-state index contributed by atoms with van der Waals surface area (Å²) >= 11 is 5.95. The van der Waals surface area contributed by atoms with E-state index in [0.717, 1.165) is 24.3 Å². The van der Waals surface area contributed by atoms with E-state index in [1.54, 1.807) is 36.4 Å². The number of rotatable bonds is 5. The molecule has 164 valence electrons. The summed E-state index contributed by atoms with van der Waals surface area (Å²) in [6, 6.07) is 20.5. The van der Waals surface area contributed by atoms with Crippen LogP contribution < -0.4 is 10.2 Å². The van der Waals surface area contributed by atoms with Crippen LogP contribution >= 0.6 is 11.6 Å². The zero-order chi connectivity index (χ0) is 22.5. The van der Waals surface area contributed by atoms with E-state index >= 15 is 0 Å². The fourth-order valence-electron chi connectivity index (χ4n) is 3.69. The first-order chi connectivity index (χ1) is 15.5. The topological polar surface area (TPSA) is 52.7 Å². The number of nitrogens with zero attached hydrogens (tertiary/aromatic N) is 2. The number of carbonyl (C=O) groups is 2. The fourth-order valence-corrected chi connectivity index (χ4v) is 3.88. The lowest BCUT2D eigenvalue weighted by molar-refractivity contribution is -0.130. The highest BCUT2D eigenvalue weighted by atomic mass is 35.5. The molecule has 4 rings (SSSR count). The molecule has 0 atom stereocenters. The van der Waals surface area contributed by atoms with Crippen LogP contribution in [0.15, 0.2) is 72.8 Å². The molecule has 1 heterocycles. The molecule has 32 heavy (non-hydrogen) atoms. The van der Waals surface area contributed by atoms with Crippen molar-refractivity contribution in [3.63, 3.8) is 0 Å². The number of benzene rings is 3. The maximum absolute atomic E-state index is 13.0. The third-order valence-corrected chi connectivity index (χ3v) is 5.71. The number of nitrogens with one attached hydrogen (secondary N) is 1. The first kappa shape index (κ1) is 21.8. The van der Waals surface area contributed by atoms with Gasteiger partial charge in [0, 0.05) is 48.1 Å². The summed E-state index contributed by atoms with van der Waals surface area (Å²) in [6.45, 7) is 2.72. The van der Waals surface area contributed by atoms with E-state index in [2.05, 4.69) is 10.2 Å². The third kappa shape index (κ3) is 5.45. The van der Waals surface area contributed by atoms with Gasteiger partial charge in [0.05, 0.1) is 6.42 Å².